The monoisotopic (exact) mass is 284 g/mol. The number of fused-ring (bicyclic) bond motifs is 3. The summed E-state index contributed by atoms with van der Waals surface area (Å²) in [6.07, 6.45) is 9.31. The van der Waals surface area contributed by atoms with Gasteiger partial charge in [0.05, 0.1) is 11.7 Å². The number of hydrogen-bond acceptors (Lipinski definition) is 3. The molecule has 1 fully saturated rings. The second-order valence-electron chi connectivity index (χ2n) is 6.04. The van der Waals surface area contributed by atoms with E-state index in [2.05, 4.69) is 25.6 Å². The van der Waals surface area contributed by atoms with Gasteiger partial charge < -0.3 is 14.7 Å². The van der Waals surface area contributed by atoms with E-state index in [1.165, 1.54) is 32.1 Å². The standard InChI is InChI=1S/C16H20N4O/c1-10(21)16-19-13-9-18-15-12(7-8-17-15)14(13)20(16)11-5-3-2-4-6-11/h7-11,21H,2-6H2,1H3,(H,17,18)/t10-/m1/s1. The summed E-state index contributed by atoms with van der Waals surface area (Å²) in [5, 5.41) is 11.2. The van der Waals surface area contributed by atoms with E-state index in [1.54, 1.807) is 13.1 Å². The van der Waals surface area contributed by atoms with Crippen LogP contribution in [0.4, 0.5) is 0 Å². The third kappa shape index (κ3) is 1.95. The van der Waals surface area contributed by atoms with E-state index in [9.17, 15) is 5.11 Å². The van der Waals surface area contributed by atoms with Gasteiger partial charge in [0.15, 0.2) is 0 Å². The van der Waals surface area contributed by atoms with Crippen LogP contribution in [0.1, 0.15) is 57.0 Å². The van der Waals surface area contributed by atoms with Crippen LogP contribution in [-0.4, -0.2) is 24.6 Å². The van der Waals surface area contributed by atoms with Gasteiger partial charge in [0.25, 0.3) is 0 Å². The molecule has 110 valence electrons. The summed E-state index contributed by atoms with van der Waals surface area (Å²) in [5.41, 5.74) is 2.88. The number of imidazole rings is 1. The van der Waals surface area contributed by atoms with E-state index in [0.717, 1.165) is 27.9 Å². The fraction of sp³-hybridized carbons (Fsp3) is 0.500. The highest BCUT2D eigenvalue weighted by Crippen LogP contribution is 2.36. The number of pyridine rings is 1. The molecule has 1 aliphatic carbocycles. The average molecular weight is 284 g/mol. The molecule has 0 amide bonds. The van der Waals surface area contributed by atoms with Crippen molar-refractivity contribution in [3.63, 3.8) is 0 Å². The van der Waals surface area contributed by atoms with Gasteiger partial charge in [-0.3, -0.25) is 0 Å². The average Bonchev–Trinajstić information content (AvgIpc) is 3.11. The zero-order chi connectivity index (χ0) is 14.4. The van der Waals surface area contributed by atoms with E-state index in [-0.39, 0.29) is 0 Å². The molecule has 21 heavy (non-hydrogen) atoms. The largest absolute Gasteiger partial charge is 0.385 e. The van der Waals surface area contributed by atoms with Crippen molar-refractivity contribution in [1.29, 1.82) is 0 Å². The summed E-state index contributed by atoms with van der Waals surface area (Å²) in [6, 6.07) is 2.49. The van der Waals surface area contributed by atoms with Crippen molar-refractivity contribution >= 4 is 22.1 Å². The van der Waals surface area contributed by atoms with Crippen molar-refractivity contribution in [3.05, 3.63) is 24.3 Å². The summed E-state index contributed by atoms with van der Waals surface area (Å²) >= 11 is 0. The molecule has 0 unspecified atom stereocenters. The van der Waals surface area contributed by atoms with Crippen LogP contribution in [0.5, 0.6) is 0 Å². The van der Waals surface area contributed by atoms with Gasteiger partial charge >= 0.3 is 0 Å². The first-order valence-corrected chi connectivity index (χ1v) is 7.77. The molecule has 0 aliphatic heterocycles. The number of nitrogens with zero attached hydrogens (tertiary/aromatic N) is 3. The Kier molecular flexibility index (Phi) is 2.96. The zero-order valence-corrected chi connectivity index (χ0v) is 12.2. The maximum atomic E-state index is 10.1. The van der Waals surface area contributed by atoms with Crippen molar-refractivity contribution in [2.75, 3.05) is 0 Å². The van der Waals surface area contributed by atoms with E-state index >= 15 is 0 Å². The van der Waals surface area contributed by atoms with Crippen LogP contribution < -0.4 is 0 Å². The lowest BCUT2D eigenvalue weighted by atomic mass is 9.95. The molecule has 5 heteroatoms. The number of H-pyrrole nitrogens is 1. The van der Waals surface area contributed by atoms with Crippen molar-refractivity contribution in [2.24, 2.45) is 0 Å². The number of aromatic amines is 1. The van der Waals surface area contributed by atoms with Crippen molar-refractivity contribution in [1.82, 2.24) is 19.5 Å². The topological polar surface area (TPSA) is 66.7 Å². The second-order valence-corrected chi connectivity index (χ2v) is 6.04. The van der Waals surface area contributed by atoms with Gasteiger partial charge in [-0.1, -0.05) is 19.3 Å². The smallest absolute Gasteiger partial charge is 0.139 e. The summed E-state index contributed by atoms with van der Waals surface area (Å²) in [5.74, 6) is 0.771. The Labute approximate surface area is 123 Å². The molecule has 1 saturated carbocycles. The number of aliphatic hydroxyl groups excluding tert-OH is 1. The van der Waals surface area contributed by atoms with Crippen molar-refractivity contribution in [2.45, 2.75) is 51.2 Å². The number of rotatable bonds is 2. The van der Waals surface area contributed by atoms with Gasteiger partial charge in [0, 0.05) is 17.6 Å². The molecule has 3 aromatic rings. The second kappa shape index (κ2) is 4.84. The first-order valence-electron chi connectivity index (χ1n) is 7.77. The molecule has 0 saturated heterocycles. The van der Waals surface area contributed by atoms with Gasteiger partial charge in [-0.2, -0.15) is 0 Å². The highest BCUT2D eigenvalue weighted by molar-refractivity contribution is 6.01. The Morgan fingerprint density at radius 3 is 2.90 bits per heavy atom. The van der Waals surface area contributed by atoms with E-state index in [1.807, 2.05) is 6.20 Å². The Morgan fingerprint density at radius 2 is 2.14 bits per heavy atom. The molecule has 2 N–H and O–H groups in total. The predicted molar refractivity (Wildman–Crippen MR) is 82.1 cm³/mol. The van der Waals surface area contributed by atoms with E-state index < -0.39 is 6.10 Å². The minimum Gasteiger partial charge on any atom is -0.385 e. The summed E-state index contributed by atoms with van der Waals surface area (Å²) in [7, 11) is 0. The van der Waals surface area contributed by atoms with Crippen LogP contribution in [0.15, 0.2) is 18.5 Å². The summed E-state index contributed by atoms with van der Waals surface area (Å²) in [6.45, 7) is 1.79. The highest BCUT2D eigenvalue weighted by Gasteiger charge is 2.24. The first kappa shape index (κ1) is 12.8. The van der Waals surface area contributed by atoms with Crippen LogP contribution in [-0.2, 0) is 0 Å². The normalized spacial score (nSPS) is 18.6. The molecule has 0 bridgehead atoms. The maximum absolute atomic E-state index is 10.1. The van der Waals surface area contributed by atoms with Crippen LogP contribution in [0, 0.1) is 0 Å². The third-order valence-electron chi connectivity index (χ3n) is 4.58. The Morgan fingerprint density at radius 1 is 1.33 bits per heavy atom. The SMILES string of the molecule is C[C@@H](O)c1nc2cnc3[nH]ccc3c2n1C1CCCCC1. The number of aromatic nitrogens is 4. The van der Waals surface area contributed by atoms with Gasteiger partial charge in [0.2, 0.25) is 0 Å². The molecular formula is C16H20N4O. The first-order chi connectivity index (χ1) is 10.3. The van der Waals surface area contributed by atoms with Crippen LogP contribution in [0.2, 0.25) is 0 Å². The lowest BCUT2D eigenvalue weighted by molar-refractivity contribution is 0.178. The Bertz CT molecular complexity index is 780. The summed E-state index contributed by atoms with van der Waals surface area (Å²) < 4.78 is 2.27. The van der Waals surface area contributed by atoms with Crippen LogP contribution in [0.25, 0.3) is 22.1 Å². The van der Waals surface area contributed by atoms with E-state index in [4.69, 9.17) is 0 Å². The fourth-order valence-corrected chi connectivity index (χ4v) is 3.61. The van der Waals surface area contributed by atoms with E-state index in [0.29, 0.717) is 6.04 Å². The lowest BCUT2D eigenvalue weighted by Gasteiger charge is -2.26. The van der Waals surface area contributed by atoms with Gasteiger partial charge in [0.1, 0.15) is 23.1 Å². The minimum atomic E-state index is -0.562. The minimum absolute atomic E-state index is 0.439. The highest BCUT2D eigenvalue weighted by atomic mass is 16.3. The maximum Gasteiger partial charge on any atom is 0.139 e. The number of nitrogens with one attached hydrogen (secondary N) is 1. The molecule has 0 spiro atoms. The molecule has 1 aliphatic rings. The predicted octanol–water partition coefficient (Wildman–Crippen LogP) is 3.47. The molecule has 0 radical (unpaired) electrons. The van der Waals surface area contributed by atoms with Gasteiger partial charge in [-0.05, 0) is 25.8 Å². The molecule has 4 rings (SSSR count). The molecule has 3 heterocycles. The lowest BCUT2D eigenvalue weighted by Crippen LogP contribution is -2.16. The number of aliphatic hydroxyl groups is 1. The fourth-order valence-electron chi connectivity index (χ4n) is 3.61. The van der Waals surface area contributed by atoms with Crippen molar-refractivity contribution < 1.29 is 5.11 Å². The quantitative estimate of drug-likeness (QED) is 0.757. The van der Waals surface area contributed by atoms with Crippen LogP contribution in [0.3, 0.4) is 0 Å². The Balaban J connectivity index is 2.03. The zero-order valence-electron chi connectivity index (χ0n) is 12.2. The van der Waals surface area contributed by atoms with Crippen LogP contribution >= 0.6 is 0 Å². The molecule has 0 aromatic carbocycles. The van der Waals surface area contributed by atoms with Crippen molar-refractivity contribution in [3.8, 4) is 0 Å². The summed E-state index contributed by atoms with van der Waals surface area (Å²) in [4.78, 5) is 12.2. The molecular weight excluding hydrogens is 264 g/mol. The molecule has 5 nitrogen and oxygen atoms in total. The Hall–Kier alpha value is -1.88. The number of hydrogen-bond donors (Lipinski definition) is 2. The van der Waals surface area contributed by atoms with Gasteiger partial charge in [-0.25, -0.2) is 9.97 Å². The van der Waals surface area contributed by atoms with Gasteiger partial charge in [-0.15, -0.1) is 0 Å². The molecule has 1 atom stereocenters. The third-order valence-corrected chi connectivity index (χ3v) is 4.58. The molecule has 3 aromatic heterocycles.